The number of rotatable bonds is 0. The summed E-state index contributed by atoms with van der Waals surface area (Å²) < 4.78 is 35.3. The average Bonchev–Trinajstić information content (AvgIpc) is 1.88. The molecule has 0 spiro atoms. The van der Waals surface area contributed by atoms with Crippen LogP contribution in [0, 0.1) is 6.07 Å². The second-order valence-electron chi connectivity index (χ2n) is 1.79. The monoisotopic (exact) mass is 244 g/mol. The van der Waals surface area contributed by atoms with E-state index in [1.165, 1.54) is 12.1 Å². The van der Waals surface area contributed by atoms with E-state index in [2.05, 4.69) is 6.07 Å². The Morgan fingerprint density at radius 1 is 1.25 bits per heavy atom. The van der Waals surface area contributed by atoms with E-state index < -0.39 is 11.7 Å². The van der Waals surface area contributed by atoms with Crippen molar-refractivity contribution in [1.82, 2.24) is 0 Å². The molecular formula is C7H4ClF3Zn. The first-order valence-electron chi connectivity index (χ1n) is 2.64. The number of halogens is 4. The van der Waals surface area contributed by atoms with Crippen molar-refractivity contribution in [3.8, 4) is 0 Å². The van der Waals surface area contributed by atoms with Crippen molar-refractivity contribution in [2.75, 3.05) is 0 Å². The van der Waals surface area contributed by atoms with Crippen LogP contribution >= 0.6 is 0 Å². The molecule has 0 aliphatic carbocycles. The van der Waals surface area contributed by atoms with Crippen molar-refractivity contribution in [2.45, 2.75) is 6.18 Å². The Morgan fingerprint density at radius 2 is 1.83 bits per heavy atom. The van der Waals surface area contributed by atoms with Gasteiger partial charge in [-0.2, -0.15) is 43.5 Å². The summed E-state index contributed by atoms with van der Waals surface area (Å²) in [5.74, 6) is 0. The molecule has 0 radical (unpaired) electrons. The first kappa shape index (κ1) is 14.4. The van der Waals surface area contributed by atoms with Crippen LogP contribution in [0.5, 0.6) is 0 Å². The van der Waals surface area contributed by atoms with Crippen LogP contribution in [-0.4, -0.2) is 0 Å². The SMILES string of the molecule is FC(F)(F)c1c[c-]ccc1.[Cl-].[Zn+2]. The topological polar surface area (TPSA) is 0 Å². The van der Waals surface area contributed by atoms with Gasteiger partial charge in [0.15, 0.2) is 0 Å². The van der Waals surface area contributed by atoms with Crippen LogP contribution in [0.3, 0.4) is 0 Å². The van der Waals surface area contributed by atoms with Gasteiger partial charge in [0.2, 0.25) is 0 Å². The minimum absolute atomic E-state index is 0. The summed E-state index contributed by atoms with van der Waals surface area (Å²) in [6.07, 6.45) is -4.24. The van der Waals surface area contributed by atoms with Gasteiger partial charge in [0.1, 0.15) is 0 Å². The van der Waals surface area contributed by atoms with Crippen LogP contribution in [0.2, 0.25) is 0 Å². The molecule has 0 aromatic heterocycles. The summed E-state index contributed by atoms with van der Waals surface area (Å²) in [6, 6.07) is 7.01. The fourth-order valence-corrected chi connectivity index (χ4v) is 0.570. The van der Waals surface area contributed by atoms with E-state index in [-0.39, 0.29) is 31.9 Å². The van der Waals surface area contributed by atoms with E-state index in [1.807, 2.05) is 0 Å². The third-order valence-electron chi connectivity index (χ3n) is 1.03. The molecule has 0 fully saturated rings. The molecule has 0 heterocycles. The summed E-state index contributed by atoms with van der Waals surface area (Å²) >= 11 is 0. The average molecular weight is 246 g/mol. The molecular weight excluding hydrogens is 242 g/mol. The number of hydrogen-bond donors (Lipinski definition) is 0. The zero-order valence-corrected chi connectivity index (χ0v) is 9.75. The predicted octanol–water partition coefficient (Wildman–Crippen LogP) is -0.493. The molecule has 0 aliphatic rings. The molecule has 0 atom stereocenters. The van der Waals surface area contributed by atoms with E-state index in [0.717, 1.165) is 12.1 Å². The molecule has 62 valence electrons. The largest absolute Gasteiger partial charge is 2.00 e. The Kier molecular flexibility index (Phi) is 6.68. The summed E-state index contributed by atoms with van der Waals surface area (Å²) in [6.45, 7) is 0. The van der Waals surface area contributed by atoms with Gasteiger partial charge in [-0.25, -0.2) is 0 Å². The predicted molar refractivity (Wildman–Crippen MR) is 30.3 cm³/mol. The Balaban J connectivity index is 0. The van der Waals surface area contributed by atoms with Gasteiger partial charge in [-0.3, -0.25) is 0 Å². The van der Waals surface area contributed by atoms with Gasteiger partial charge in [0.25, 0.3) is 0 Å². The standard InChI is InChI=1S/C7H4F3.ClH.Zn/c8-7(9,10)6-4-2-1-3-5-6;;/h1-2,4-5H;1H;/q-1;;+2/p-1. The number of alkyl halides is 3. The molecule has 0 saturated carbocycles. The Hall–Kier alpha value is -0.0766. The van der Waals surface area contributed by atoms with Crippen LogP contribution in [-0.2, 0) is 25.7 Å². The summed E-state index contributed by atoms with van der Waals surface area (Å²) in [5.41, 5.74) is -0.657. The van der Waals surface area contributed by atoms with Crippen molar-refractivity contribution in [1.29, 1.82) is 0 Å². The van der Waals surface area contributed by atoms with Crippen molar-refractivity contribution < 1.29 is 45.1 Å². The van der Waals surface area contributed by atoms with Gasteiger partial charge >= 0.3 is 25.7 Å². The molecule has 1 rings (SSSR count). The van der Waals surface area contributed by atoms with Crippen molar-refractivity contribution >= 4 is 0 Å². The van der Waals surface area contributed by atoms with Crippen LogP contribution < -0.4 is 12.4 Å². The van der Waals surface area contributed by atoms with Crippen LogP contribution in [0.15, 0.2) is 24.3 Å². The first-order chi connectivity index (χ1) is 4.61. The molecule has 0 aliphatic heterocycles. The van der Waals surface area contributed by atoms with Crippen LogP contribution in [0.4, 0.5) is 13.2 Å². The second-order valence-corrected chi connectivity index (χ2v) is 1.79. The quantitative estimate of drug-likeness (QED) is 0.428. The first-order valence-corrected chi connectivity index (χ1v) is 2.64. The fourth-order valence-electron chi connectivity index (χ4n) is 0.570. The van der Waals surface area contributed by atoms with Gasteiger partial charge in [-0.1, -0.05) is 5.56 Å². The normalized spacial score (nSPS) is 9.58. The molecule has 0 bridgehead atoms. The molecule has 1 aromatic rings. The van der Waals surface area contributed by atoms with E-state index in [9.17, 15) is 13.2 Å². The number of benzene rings is 1. The van der Waals surface area contributed by atoms with Crippen LogP contribution in [0.25, 0.3) is 0 Å². The van der Waals surface area contributed by atoms with Crippen LogP contribution in [0.1, 0.15) is 5.56 Å². The van der Waals surface area contributed by atoms with Gasteiger partial charge in [0, 0.05) is 0 Å². The van der Waals surface area contributed by atoms with Gasteiger partial charge < -0.3 is 12.4 Å². The van der Waals surface area contributed by atoms with Crippen molar-refractivity contribution in [3.05, 3.63) is 35.9 Å². The van der Waals surface area contributed by atoms with E-state index in [1.54, 1.807) is 0 Å². The molecule has 0 nitrogen and oxygen atoms in total. The second kappa shape index (κ2) is 5.55. The maximum atomic E-state index is 11.8. The molecule has 12 heavy (non-hydrogen) atoms. The Morgan fingerprint density at radius 3 is 2.08 bits per heavy atom. The Bertz CT molecular complexity index is 210. The molecule has 0 saturated heterocycles. The summed E-state index contributed by atoms with van der Waals surface area (Å²) in [5, 5.41) is 0. The van der Waals surface area contributed by atoms with Gasteiger partial charge in [-0.05, 0) is 0 Å². The number of hydrogen-bond acceptors (Lipinski definition) is 0. The van der Waals surface area contributed by atoms with E-state index in [0.29, 0.717) is 0 Å². The van der Waals surface area contributed by atoms with Gasteiger partial charge in [-0.15, -0.1) is 0 Å². The minimum atomic E-state index is -4.24. The van der Waals surface area contributed by atoms with Crippen molar-refractivity contribution in [3.63, 3.8) is 0 Å². The Labute approximate surface area is 87.3 Å². The smallest absolute Gasteiger partial charge is 1.00 e. The third kappa shape index (κ3) is 4.08. The van der Waals surface area contributed by atoms with Gasteiger partial charge in [0.05, 0.1) is 0 Å². The zero-order chi connectivity index (χ0) is 7.61. The molecule has 0 unspecified atom stereocenters. The molecule has 0 N–H and O–H groups in total. The maximum absolute atomic E-state index is 11.8. The molecule has 1 aromatic carbocycles. The minimum Gasteiger partial charge on any atom is -1.00 e. The van der Waals surface area contributed by atoms with E-state index in [4.69, 9.17) is 0 Å². The summed E-state index contributed by atoms with van der Waals surface area (Å²) in [7, 11) is 0. The summed E-state index contributed by atoms with van der Waals surface area (Å²) in [4.78, 5) is 0. The fraction of sp³-hybridized carbons (Fsp3) is 0.143. The zero-order valence-electron chi connectivity index (χ0n) is 6.03. The van der Waals surface area contributed by atoms with E-state index >= 15 is 0 Å². The third-order valence-corrected chi connectivity index (χ3v) is 1.03. The molecule has 5 heteroatoms. The maximum Gasteiger partial charge on any atom is 2.00 e. The molecule has 0 amide bonds. The van der Waals surface area contributed by atoms with Crippen molar-refractivity contribution in [2.24, 2.45) is 0 Å².